The monoisotopic (exact) mass is 269 g/mol. The molecule has 6 nitrogen and oxygen atoms in total. The van der Waals surface area contributed by atoms with Gasteiger partial charge in [-0.3, -0.25) is 4.79 Å². The molecular formula is C14H11N3O3. The van der Waals surface area contributed by atoms with Crippen molar-refractivity contribution in [1.82, 2.24) is 9.88 Å². The fourth-order valence-corrected chi connectivity index (χ4v) is 1.92. The molecule has 1 aliphatic rings. The number of furan rings is 1. The summed E-state index contributed by atoms with van der Waals surface area (Å²) in [5, 5.41) is 8.67. The summed E-state index contributed by atoms with van der Waals surface area (Å²) in [5.41, 5.74) is 0.487. The van der Waals surface area contributed by atoms with Crippen LogP contribution < -0.4 is 4.74 Å². The predicted molar refractivity (Wildman–Crippen MR) is 68.0 cm³/mol. The Morgan fingerprint density at radius 2 is 2.30 bits per heavy atom. The van der Waals surface area contributed by atoms with Crippen LogP contribution in [0.15, 0.2) is 41.1 Å². The molecule has 2 aromatic rings. The van der Waals surface area contributed by atoms with E-state index in [-0.39, 0.29) is 12.0 Å². The SMILES string of the molecule is N#Cc1ccc(OC2CN(C(=O)c3ccco3)C2)nc1. The quantitative estimate of drug-likeness (QED) is 0.842. The minimum atomic E-state index is -0.136. The van der Waals surface area contributed by atoms with Crippen LogP contribution in [0.25, 0.3) is 0 Å². The Morgan fingerprint density at radius 3 is 2.90 bits per heavy atom. The largest absolute Gasteiger partial charge is 0.471 e. The molecule has 0 unspecified atom stereocenters. The number of carbonyl (C=O) groups excluding carboxylic acids is 1. The molecule has 0 saturated carbocycles. The molecule has 1 aliphatic heterocycles. The van der Waals surface area contributed by atoms with Crippen LogP contribution >= 0.6 is 0 Å². The summed E-state index contributed by atoms with van der Waals surface area (Å²) in [7, 11) is 0. The highest BCUT2D eigenvalue weighted by Crippen LogP contribution is 2.18. The number of hydrogen-bond acceptors (Lipinski definition) is 5. The van der Waals surface area contributed by atoms with Crippen LogP contribution in [-0.2, 0) is 0 Å². The summed E-state index contributed by atoms with van der Waals surface area (Å²) in [6.45, 7) is 1.00. The lowest BCUT2D eigenvalue weighted by molar-refractivity contribution is 0.0138. The first-order valence-electron chi connectivity index (χ1n) is 6.12. The van der Waals surface area contributed by atoms with Crippen molar-refractivity contribution in [2.45, 2.75) is 6.10 Å². The third kappa shape index (κ3) is 2.34. The van der Waals surface area contributed by atoms with Gasteiger partial charge in [-0.15, -0.1) is 0 Å². The van der Waals surface area contributed by atoms with Crippen LogP contribution in [0.4, 0.5) is 0 Å². The lowest BCUT2D eigenvalue weighted by atomic mass is 10.1. The summed E-state index contributed by atoms with van der Waals surface area (Å²) < 4.78 is 10.7. The molecule has 0 spiro atoms. The molecule has 100 valence electrons. The maximum absolute atomic E-state index is 11.9. The van der Waals surface area contributed by atoms with Gasteiger partial charge in [-0.25, -0.2) is 4.98 Å². The first-order valence-corrected chi connectivity index (χ1v) is 6.12. The third-order valence-corrected chi connectivity index (χ3v) is 3.02. The van der Waals surface area contributed by atoms with Crippen LogP contribution in [0, 0.1) is 11.3 Å². The highest BCUT2D eigenvalue weighted by Gasteiger charge is 2.34. The van der Waals surface area contributed by atoms with E-state index >= 15 is 0 Å². The highest BCUT2D eigenvalue weighted by molar-refractivity contribution is 5.92. The van der Waals surface area contributed by atoms with E-state index in [9.17, 15) is 4.79 Å². The Hall–Kier alpha value is -2.81. The average molecular weight is 269 g/mol. The van der Waals surface area contributed by atoms with Crippen LogP contribution in [-0.4, -0.2) is 35.0 Å². The molecule has 1 fully saturated rings. The maximum Gasteiger partial charge on any atom is 0.289 e. The average Bonchev–Trinajstić information content (AvgIpc) is 2.96. The minimum absolute atomic E-state index is 0.0747. The molecule has 1 amide bonds. The van der Waals surface area contributed by atoms with Crippen molar-refractivity contribution in [3.8, 4) is 11.9 Å². The standard InChI is InChI=1S/C14H11N3O3/c15-6-10-3-4-13(16-7-10)20-11-8-17(9-11)14(18)12-2-1-5-19-12/h1-5,7,11H,8-9H2. The van der Waals surface area contributed by atoms with Crippen molar-refractivity contribution >= 4 is 5.91 Å². The number of ether oxygens (including phenoxy) is 1. The Kier molecular flexibility index (Phi) is 3.09. The van der Waals surface area contributed by atoms with E-state index in [1.807, 2.05) is 6.07 Å². The zero-order valence-corrected chi connectivity index (χ0v) is 10.5. The fraction of sp³-hybridized carbons (Fsp3) is 0.214. The number of pyridine rings is 1. The minimum Gasteiger partial charge on any atom is -0.471 e. The summed E-state index contributed by atoms with van der Waals surface area (Å²) >= 11 is 0. The number of nitriles is 1. The van der Waals surface area contributed by atoms with Crippen LogP contribution in [0.1, 0.15) is 16.1 Å². The van der Waals surface area contributed by atoms with Gasteiger partial charge in [0.05, 0.1) is 24.9 Å². The van der Waals surface area contributed by atoms with Gasteiger partial charge in [-0.1, -0.05) is 0 Å². The molecule has 0 aromatic carbocycles. The second kappa shape index (κ2) is 5.05. The summed E-state index contributed by atoms with van der Waals surface area (Å²) in [6.07, 6.45) is 2.86. The van der Waals surface area contributed by atoms with Crippen molar-refractivity contribution in [3.63, 3.8) is 0 Å². The van der Waals surface area contributed by atoms with Gasteiger partial charge in [0.2, 0.25) is 5.88 Å². The second-order valence-corrected chi connectivity index (χ2v) is 4.42. The van der Waals surface area contributed by atoms with Crippen molar-refractivity contribution < 1.29 is 13.9 Å². The number of rotatable bonds is 3. The van der Waals surface area contributed by atoms with E-state index < -0.39 is 0 Å². The second-order valence-electron chi connectivity index (χ2n) is 4.42. The lowest BCUT2D eigenvalue weighted by Gasteiger charge is -2.38. The van der Waals surface area contributed by atoms with Gasteiger partial charge in [-0.2, -0.15) is 5.26 Å². The smallest absolute Gasteiger partial charge is 0.289 e. The van der Waals surface area contributed by atoms with Crippen molar-refractivity contribution in [2.24, 2.45) is 0 Å². The number of carbonyl (C=O) groups is 1. The van der Waals surface area contributed by atoms with Gasteiger partial charge in [0.1, 0.15) is 12.2 Å². The highest BCUT2D eigenvalue weighted by atomic mass is 16.5. The van der Waals surface area contributed by atoms with Crippen molar-refractivity contribution in [3.05, 3.63) is 48.0 Å². The molecule has 6 heteroatoms. The first kappa shape index (κ1) is 12.2. The van der Waals surface area contributed by atoms with E-state index in [1.165, 1.54) is 12.5 Å². The molecule has 0 N–H and O–H groups in total. The van der Waals surface area contributed by atoms with Gasteiger partial charge < -0.3 is 14.1 Å². The van der Waals surface area contributed by atoms with Crippen LogP contribution in [0.3, 0.4) is 0 Å². The normalized spacial score (nSPS) is 14.4. The molecule has 0 aliphatic carbocycles. The van der Waals surface area contributed by atoms with Crippen molar-refractivity contribution in [1.29, 1.82) is 5.26 Å². The van der Waals surface area contributed by atoms with Crippen LogP contribution in [0.5, 0.6) is 5.88 Å². The van der Waals surface area contributed by atoms with Gasteiger partial charge in [0, 0.05) is 12.3 Å². The van der Waals surface area contributed by atoms with E-state index in [1.54, 1.807) is 29.2 Å². The Bertz CT molecular complexity index is 637. The molecule has 0 radical (unpaired) electrons. The number of likely N-dealkylation sites (tertiary alicyclic amines) is 1. The first-order chi connectivity index (χ1) is 9.76. The molecule has 20 heavy (non-hydrogen) atoms. The molecule has 2 aromatic heterocycles. The Balaban J connectivity index is 1.53. The lowest BCUT2D eigenvalue weighted by Crippen LogP contribution is -2.56. The van der Waals surface area contributed by atoms with Gasteiger partial charge in [0.25, 0.3) is 5.91 Å². The summed E-state index contributed by atoms with van der Waals surface area (Å²) in [5.74, 6) is 0.654. The van der Waals surface area contributed by atoms with E-state index in [0.29, 0.717) is 30.3 Å². The molecule has 3 heterocycles. The molecule has 0 bridgehead atoms. The number of nitrogens with zero attached hydrogens (tertiary/aromatic N) is 3. The van der Waals surface area contributed by atoms with Crippen molar-refractivity contribution in [2.75, 3.05) is 13.1 Å². The molecule has 3 rings (SSSR count). The fourth-order valence-electron chi connectivity index (χ4n) is 1.92. The predicted octanol–water partition coefficient (Wildman–Crippen LogP) is 1.45. The molecule has 0 atom stereocenters. The van der Waals surface area contributed by atoms with Crippen LogP contribution in [0.2, 0.25) is 0 Å². The zero-order valence-electron chi connectivity index (χ0n) is 10.5. The number of hydrogen-bond donors (Lipinski definition) is 0. The van der Waals surface area contributed by atoms with E-state index in [0.717, 1.165) is 0 Å². The number of amides is 1. The van der Waals surface area contributed by atoms with Gasteiger partial charge in [0.15, 0.2) is 5.76 Å². The maximum atomic E-state index is 11.9. The topological polar surface area (TPSA) is 79.4 Å². The van der Waals surface area contributed by atoms with Gasteiger partial charge >= 0.3 is 0 Å². The molecule has 1 saturated heterocycles. The molecular weight excluding hydrogens is 258 g/mol. The zero-order chi connectivity index (χ0) is 13.9. The third-order valence-electron chi connectivity index (χ3n) is 3.02. The van der Waals surface area contributed by atoms with Gasteiger partial charge in [-0.05, 0) is 18.2 Å². The summed E-state index contributed by atoms with van der Waals surface area (Å²) in [4.78, 5) is 17.6. The Morgan fingerprint density at radius 1 is 1.45 bits per heavy atom. The van der Waals surface area contributed by atoms with E-state index in [4.69, 9.17) is 14.4 Å². The van der Waals surface area contributed by atoms with E-state index in [2.05, 4.69) is 4.98 Å². The summed E-state index contributed by atoms with van der Waals surface area (Å²) in [6, 6.07) is 8.61. The Labute approximate surface area is 115 Å². The number of aromatic nitrogens is 1.